The van der Waals surface area contributed by atoms with Gasteiger partial charge in [-0.1, -0.05) is 30.3 Å². The highest BCUT2D eigenvalue weighted by Crippen LogP contribution is 2.48. The average Bonchev–Trinajstić information content (AvgIpc) is 4.10. The highest BCUT2D eigenvalue weighted by atomic mass is 19.1. The fourth-order valence-corrected chi connectivity index (χ4v) is 6.40. The number of benzene rings is 2. The van der Waals surface area contributed by atoms with Crippen LogP contribution in [0.1, 0.15) is 97.5 Å². The van der Waals surface area contributed by atoms with Gasteiger partial charge >= 0.3 is 5.97 Å². The standard InChI is InChI=1S/C21H23FN2O3.C11H16N2O2.C10H9FO2/c22-15-7-4-13(5-8-15)17-10-18(17)21(26)24-19(12-25)14-6-9-20(23-11-14)27-16-2-1-3-16;12-10(7-14)8-4-5-11(13-6-8)15-9-2-1-3-9;11-7-3-1-6(2-4-7)8-5-9(8)10(12)13/h4-9,11,16-19,25H,1-3,10,12H2,(H,24,26);4-6,9-10,14H,1-3,7,12H2;1-4,8-9H,5H2,(H,12,13)/t17-,18+,19+;10-;8-,9+/m101/s1. The summed E-state index contributed by atoms with van der Waals surface area (Å²) in [7, 11) is 0. The number of hydrogen-bond acceptors (Lipinski definition) is 9. The summed E-state index contributed by atoms with van der Waals surface area (Å²) in [5, 5.41) is 30.1. The summed E-state index contributed by atoms with van der Waals surface area (Å²) in [6, 6.07) is 18.7. The zero-order valence-corrected chi connectivity index (χ0v) is 30.5. The Morgan fingerprint density at radius 3 is 1.56 bits per heavy atom. The van der Waals surface area contributed by atoms with Gasteiger partial charge in [0.05, 0.1) is 31.2 Å². The molecule has 6 atom stereocenters. The number of nitrogens with two attached hydrogens (primary N) is 1. The largest absolute Gasteiger partial charge is 0.481 e. The van der Waals surface area contributed by atoms with Crippen molar-refractivity contribution in [1.82, 2.24) is 15.3 Å². The molecular weight excluding hydrogens is 710 g/mol. The average molecular weight is 759 g/mol. The zero-order chi connectivity index (χ0) is 38.9. The number of aliphatic hydroxyl groups excluding tert-OH is 2. The van der Waals surface area contributed by atoms with E-state index in [0.717, 1.165) is 54.4 Å². The fraction of sp³-hybridized carbons (Fsp3) is 0.429. The van der Waals surface area contributed by atoms with Gasteiger partial charge in [0, 0.05) is 30.4 Å². The van der Waals surface area contributed by atoms with Crippen LogP contribution in [-0.2, 0) is 9.59 Å². The lowest BCUT2D eigenvalue weighted by Gasteiger charge is -2.25. The number of hydrogen-bond donors (Lipinski definition) is 5. The quantitative estimate of drug-likeness (QED) is 0.107. The van der Waals surface area contributed by atoms with Gasteiger partial charge in [0.2, 0.25) is 17.7 Å². The van der Waals surface area contributed by atoms with E-state index in [0.29, 0.717) is 24.3 Å². The van der Waals surface area contributed by atoms with Crippen LogP contribution >= 0.6 is 0 Å². The molecule has 0 bridgehead atoms. The molecule has 4 aromatic rings. The van der Waals surface area contributed by atoms with Crippen molar-refractivity contribution >= 4 is 11.9 Å². The smallest absolute Gasteiger partial charge is 0.307 e. The lowest BCUT2D eigenvalue weighted by molar-refractivity contribution is -0.138. The minimum Gasteiger partial charge on any atom is -0.481 e. The van der Waals surface area contributed by atoms with E-state index in [2.05, 4.69) is 15.3 Å². The minimum absolute atomic E-state index is 0.0650. The second-order valence-corrected chi connectivity index (χ2v) is 14.6. The van der Waals surface area contributed by atoms with Crippen LogP contribution in [0.2, 0.25) is 0 Å². The second-order valence-electron chi connectivity index (χ2n) is 14.6. The van der Waals surface area contributed by atoms with Crippen LogP contribution in [0.5, 0.6) is 11.8 Å². The van der Waals surface area contributed by atoms with E-state index in [1.165, 1.54) is 37.1 Å². The number of pyridine rings is 2. The Balaban J connectivity index is 0.000000155. The number of aromatic nitrogens is 2. The van der Waals surface area contributed by atoms with Crippen molar-refractivity contribution in [3.05, 3.63) is 119 Å². The number of rotatable bonds is 13. The molecule has 0 radical (unpaired) electrons. The molecule has 1 amide bonds. The third kappa shape index (κ3) is 11.1. The molecule has 2 heterocycles. The number of carboxylic acid groups (broad SMARTS) is 1. The van der Waals surface area contributed by atoms with E-state index in [-0.39, 0.29) is 66.6 Å². The Bertz CT molecular complexity index is 1840. The van der Waals surface area contributed by atoms with Gasteiger partial charge in [-0.3, -0.25) is 9.59 Å². The van der Waals surface area contributed by atoms with Crippen molar-refractivity contribution in [1.29, 1.82) is 0 Å². The highest BCUT2D eigenvalue weighted by molar-refractivity contribution is 5.83. The predicted octanol–water partition coefficient (Wildman–Crippen LogP) is 6.12. The summed E-state index contributed by atoms with van der Waals surface area (Å²) in [4.78, 5) is 31.5. The predicted molar refractivity (Wildman–Crippen MR) is 199 cm³/mol. The summed E-state index contributed by atoms with van der Waals surface area (Å²) in [5.74, 6) is -0.385. The van der Waals surface area contributed by atoms with Crippen molar-refractivity contribution in [2.75, 3.05) is 13.2 Å². The zero-order valence-electron chi connectivity index (χ0n) is 30.5. The third-order valence-electron chi connectivity index (χ3n) is 10.6. The van der Waals surface area contributed by atoms with E-state index in [1.54, 1.807) is 42.7 Å². The van der Waals surface area contributed by atoms with Crippen LogP contribution in [0.3, 0.4) is 0 Å². The number of carboxylic acids is 1. The van der Waals surface area contributed by atoms with Gasteiger partial charge in [-0.05, 0) is 116 Å². The molecule has 2 aromatic heterocycles. The van der Waals surface area contributed by atoms with Crippen LogP contribution in [0.15, 0.2) is 85.2 Å². The van der Waals surface area contributed by atoms with Gasteiger partial charge < -0.3 is 35.8 Å². The molecule has 4 fully saturated rings. The summed E-state index contributed by atoms with van der Waals surface area (Å²) in [6.07, 6.45) is 12.1. The Morgan fingerprint density at radius 1 is 0.709 bits per heavy atom. The molecule has 11 nitrogen and oxygen atoms in total. The van der Waals surface area contributed by atoms with Crippen LogP contribution < -0.4 is 20.5 Å². The van der Waals surface area contributed by atoms with Gasteiger partial charge in [0.15, 0.2) is 0 Å². The first kappa shape index (κ1) is 39.7. The van der Waals surface area contributed by atoms with E-state index >= 15 is 0 Å². The lowest BCUT2D eigenvalue weighted by atomic mass is 9.96. The molecule has 8 rings (SSSR count). The van der Waals surface area contributed by atoms with Crippen molar-refractivity contribution < 1.29 is 43.2 Å². The molecule has 13 heteroatoms. The Hall–Kier alpha value is -4.98. The number of aliphatic carboxylic acids is 1. The van der Waals surface area contributed by atoms with Crippen LogP contribution in [0.4, 0.5) is 8.78 Å². The number of ether oxygens (including phenoxy) is 2. The van der Waals surface area contributed by atoms with Crippen LogP contribution in [-0.4, -0.2) is 62.6 Å². The number of carbonyl (C=O) groups excluding carboxylic acids is 1. The maximum absolute atomic E-state index is 13.0. The topological polar surface area (TPSA) is 177 Å². The second kappa shape index (κ2) is 18.6. The molecule has 4 aliphatic rings. The van der Waals surface area contributed by atoms with E-state index in [1.807, 2.05) is 18.2 Å². The molecule has 0 unspecified atom stereocenters. The Kier molecular flexibility index (Phi) is 13.4. The number of carbonyl (C=O) groups is 2. The Morgan fingerprint density at radius 2 is 1.18 bits per heavy atom. The molecule has 4 aliphatic carbocycles. The highest BCUT2D eigenvalue weighted by Gasteiger charge is 2.45. The van der Waals surface area contributed by atoms with Gasteiger partial charge in [-0.2, -0.15) is 0 Å². The number of nitrogens with zero attached hydrogens (tertiary/aromatic N) is 2. The maximum atomic E-state index is 13.0. The first-order valence-corrected chi connectivity index (χ1v) is 18.9. The van der Waals surface area contributed by atoms with Gasteiger partial charge in [-0.15, -0.1) is 0 Å². The first-order chi connectivity index (χ1) is 26.6. The van der Waals surface area contributed by atoms with Gasteiger partial charge in [0.1, 0.15) is 23.8 Å². The fourth-order valence-electron chi connectivity index (χ4n) is 6.40. The van der Waals surface area contributed by atoms with E-state index < -0.39 is 12.0 Å². The SMILES string of the molecule is N[C@@H](CO)c1ccc(OC2CCC2)nc1.O=C(N[C@@H](CO)c1ccc(OC2CCC2)nc1)[C@H]1C[C@@H]1c1ccc(F)cc1.O=C(O)[C@H]1C[C@@H]1c1ccc(F)cc1. The third-order valence-corrected chi connectivity index (χ3v) is 10.6. The van der Waals surface area contributed by atoms with Crippen molar-refractivity contribution in [2.24, 2.45) is 17.6 Å². The van der Waals surface area contributed by atoms with E-state index in [4.69, 9.17) is 25.4 Å². The summed E-state index contributed by atoms with van der Waals surface area (Å²) in [5.41, 5.74) is 9.12. The molecule has 0 aliphatic heterocycles. The van der Waals surface area contributed by atoms with Gasteiger partial charge in [-0.25, -0.2) is 18.7 Å². The van der Waals surface area contributed by atoms with Crippen molar-refractivity contribution in [3.8, 4) is 11.8 Å². The summed E-state index contributed by atoms with van der Waals surface area (Å²) < 4.78 is 36.9. The number of halogens is 2. The summed E-state index contributed by atoms with van der Waals surface area (Å²) in [6.45, 7) is -0.269. The van der Waals surface area contributed by atoms with Crippen LogP contribution in [0.25, 0.3) is 0 Å². The lowest BCUT2D eigenvalue weighted by Crippen LogP contribution is -2.32. The molecule has 6 N–H and O–H groups in total. The molecule has 0 saturated heterocycles. The molecule has 55 heavy (non-hydrogen) atoms. The monoisotopic (exact) mass is 758 g/mol. The molecular formula is C42H48F2N4O7. The van der Waals surface area contributed by atoms with Crippen LogP contribution in [0, 0.1) is 23.5 Å². The normalized spacial score (nSPS) is 22.1. The van der Waals surface area contributed by atoms with Crippen molar-refractivity contribution in [2.45, 2.75) is 87.5 Å². The first-order valence-electron chi connectivity index (χ1n) is 18.9. The maximum Gasteiger partial charge on any atom is 0.307 e. The molecule has 2 aromatic carbocycles. The summed E-state index contributed by atoms with van der Waals surface area (Å²) >= 11 is 0. The molecule has 0 spiro atoms. The molecule has 292 valence electrons. The van der Waals surface area contributed by atoms with Gasteiger partial charge in [0.25, 0.3) is 0 Å². The van der Waals surface area contributed by atoms with Crippen molar-refractivity contribution in [3.63, 3.8) is 0 Å². The molecule has 4 saturated carbocycles. The minimum atomic E-state index is -0.755. The number of aliphatic hydroxyl groups is 2. The van der Waals surface area contributed by atoms with E-state index in [9.17, 15) is 23.5 Å². The number of amides is 1. The number of nitrogens with one attached hydrogen (secondary N) is 1. The Labute approximate surface area is 318 Å².